The molecule has 102 valence electrons. The van der Waals surface area contributed by atoms with Gasteiger partial charge in [0.25, 0.3) is 0 Å². The molecular formula is C14H16O5. The van der Waals surface area contributed by atoms with Gasteiger partial charge in [-0.1, -0.05) is 0 Å². The Bertz CT molecular complexity index is 514. The van der Waals surface area contributed by atoms with E-state index < -0.39 is 5.41 Å². The molecule has 2 unspecified atom stereocenters. The maximum absolute atomic E-state index is 12.0. The summed E-state index contributed by atoms with van der Waals surface area (Å²) < 4.78 is 21.0. The van der Waals surface area contributed by atoms with Crippen molar-refractivity contribution in [3.8, 4) is 17.2 Å². The van der Waals surface area contributed by atoms with Gasteiger partial charge >= 0.3 is 5.97 Å². The first-order valence-electron chi connectivity index (χ1n) is 6.15. The van der Waals surface area contributed by atoms with E-state index in [2.05, 4.69) is 0 Å². The lowest BCUT2D eigenvalue weighted by molar-refractivity contribution is -0.142. The van der Waals surface area contributed by atoms with E-state index in [0.717, 1.165) is 12.0 Å². The lowest BCUT2D eigenvalue weighted by atomic mass is 9.94. The average molecular weight is 264 g/mol. The monoisotopic (exact) mass is 264 g/mol. The molecule has 2 atom stereocenters. The maximum atomic E-state index is 12.0. The Kier molecular flexibility index (Phi) is 2.59. The van der Waals surface area contributed by atoms with E-state index in [0.29, 0.717) is 23.9 Å². The van der Waals surface area contributed by atoms with Crippen LogP contribution in [0.15, 0.2) is 12.1 Å². The first kappa shape index (κ1) is 12.1. The van der Waals surface area contributed by atoms with Crippen LogP contribution >= 0.6 is 0 Å². The van der Waals surface area contributed by atoms with Gasteiger partial charge in [0, 0.05) is 5.92 Å². The number of benzene rings is 1. The lowest BCUT2D eigenvalue weighted by Gasteiger charge is -2.17. The van der Waals surface area contributed by atoms with Crippen LogP contribution in [0.25, 0.3) is 0 Å². The SMILES string of the molecule is COc1cc(C23CC2COC3=O)cc(OC)c1OC. The molecule has 5 nitrogen and oxygen atoms in total. The molecule has 3 rings (SSSR count). The highest BCUT2D eigenvalue weighted by Gasteiger charge is 2.67. The minimum Gasteiger partial charge on any atom is -0.493 e. The predicted octanol–water partition coefficient (Wildman–Crippen LogP) is 1.53. The molecule has 0 N–H and O–H groups in total. The van der Waals surface area contributed by atoms with Crippen molar-refractivity contribution in [1.29, 1.82) is 0 Å². The number of carbonyl (C=O) groups excluding carboxylic acids is 1. The standard InChI is InChI=1S/C14H16O5/c1-16-10-4-8(5-11(17-2)12(10)18-3)14-6-9(14)7-19-13(14)15/h4-5,9H,6-7H2,1-3H3. The van der Waals surface area contributed by atoms with Crippen LogP contribution in [-0.2, 0) is 14.9 Å². The van der Waals surface area contributed by atoms with Gasteiger partial charge in [-0.2, -0.15) is 0 Å². The molecule has 0 bridgehead atoms. The summed E-state index contributed by atoms with van der Waals surface area (Å²) in [6, 6.07) is 3.68. The number of fused-ring (bicyclic) bond motifs is 1. The third kappa shape index (κ3) is 1.50. The molecule has 0 radical (unpaired) electrons. The van der Waals surface area contributed by atoms with Crippen LogP contribution in [0, 0.1) is 5.92 Å². The molecular weight excluding hydrogens is 248 g/mol. The highest BCUT2D eigenvalue weighted by molar-refractivity contribution is 5.90. The average Bonchev–Trinajstić information content (AvgIpc) is 3.11. The second kappa shape index (κ2) is 4.05. The van der Waals surface area contributed by atoms with Crippen molar-refractivity contribution in [1.82, 2.24) is 0 Å². The second-order valence-corrected chi connectivity index (χ2v) is 4.88. The molecule has 1 heterocycles. The van der Waals surface area contributed by atoms with E-state index in [1.54, 1.807) is 21.3 Å². The number of hydrogen-bond donors (Lipinski definition) is 0. The van der Waals surface area contributed by atoms with E-state index in [1.165, 1.54) is 0 Å². The van der Waals surface area contributed by atoms with Crippen molar-refractivity contribution in [3.63, 3.8) is 0 Å². The number of cyclic esters (lactones) is 1. The molecule has 0 spiro atoms. The highest BCUT2D eigenvalue weighted by atomic mass is 16.5. The molecule has 5 heteroatoms. The smallest absolute Gasteiger partial charge is 0.317 e. The second-order valence-electron chi connectivity index (χ2n) is 4.88. The van der Waals surface area contributed by atoms with Gasteiger partial charge in [-0.15, -0.1) is 0 Å². The largest absolute Gasteiger partial charge is 0.493 e. The van der Waals surface area contributed by atoms with Gasteiger partial charge in [-0.3, -0.25) is 4.79 Å². The van der Waals surface area contributed by atoms with Gasteiger partial charge in [-0.05, 0) is 24.1 Å². The summed E-state index contributed by atoms with van der Waals surface area (Å²) in [5.41, 5.74) is 0.391. The van der Waals surface area contributed by atoms with Gasteiger partial charge in [0.1, 0.15) is 0 Å². The van der Waals surface area contributed by atoms with Crippen LogP contribution < -0.4 is 14.2 Å². The number of methoxy groups -OCH3 is 3. The summed E-state index contributed by atoms with van der Waals surface area (Å²) in [6.07, 6.45) is 0.838. The van der Waals surface area contributed by atoms with E-state index >= 15 is 0 Å². The summed E-state index contributed by atoms with van der Waals surface area (Å²) in [5, 5.41) is 0. The molecule has 1 aromatic rings. The van der Waals surface area contributed by atoms with Crippen LogP contribution in [0.4, 0.5) is 0 Å². The zero-order valence-corrected chi connectivity index (χ0v) is 11.2. The summed E-state index contributed by atoms with van der Waals surface area (Å²) in [7, 11) is 4.69. The summed E-state index contributed by atoms with van der Waals surface area (Å²) in [5.74, 6) is 1.80. The number of hydrogen-bond acceptors (Lipinski definition) is 5. The van der Waals surface area contributed by atoms with Gasteiger partial charge in [0.05, 0.1) is 33.4 Å². The number of esters is 1. The topological polar surface area (TPSA) is 54.0 Å². The quantitative estimate of drug-likeness (QED) is 0.772. The van der Waals surface area contributed by atoms with Crippen LogP contribution in [0.5, 0.6) is 17.2 Å². The van der Waals surface area contributed by atoms with Crippen LogP contribution in [0.1, 0.15) is 12.0 Å². The zero-order chi connectivity index (χ0) is 13.6. The van der Waals surface area contributed by atoms with Crippen LogP contribution in [0.2, 0.25) is 0 Å². The van der Waals surface area contributed by atoms with E-state index in [1.807, 2.05) is 12.1 Å². The fraction of sp³-hybridized carbons (Fsp3) is 0.500. The van der Waals surface area contributed by atoms with E-state index in [9.17, 15) is 4.79 Å². The fourth-order valence-corrected chi connectivity index (χ4v) is 2.90. The van der Waals surface area contributed by atoms with Gasteiger partial charge in [-0.25, -0.2) is 0 Å². The zero-order valence-electron chi connectivity index (χ0n) is 11.2. The van der Waals surface area contributed by atoms with Crippen LogP contribution in [0.3, 0.4) is 0 Å². The Morgan fingerprint density at radius 3 is 2.16 bits per heavy atom. The molecule has 1 saturated carbocycles. The molecule has 0 amide bonds. The Hall–Kier alpha value is -1.91. The molecule has 1 aromatic carbocycles. The third-order valence-electron chi connectivity index (χ3n) is 4.06. The predicted molar refractivity (Wildman–Crippen MR) is 66.8 cm³/mol. The Morgan fingerprint density at radius 2 is 1.79 bits per heavy atom. The first-order valence-corrected chi connectivity index (χ1v) is 6.15. The van der Waals surface area contributed by atoms with Gasteiger partial charge in [0.15, 0.2) is 11.5 Å². The van der Waals surface area contributed by atoms with Crippen molar-refractivity contribution in [3.05, 3.63) is 17.7 Å². The van der Waals surface area contributed by atoms with Crippen molar-refractivity contribution >= 4 is 5.97 Å². The molecule has 2 aliphatic rings. The number of rotatable bonds is 4. The van der Waals surface area contributed by atoms with E-state index in [-0.39, 0.29) is 11.9 Å². The van der Waals surface area contributed by atoms with Crippen molar-refractivity contribution < 1.29 is 23.7 Å². The highest BCUT2D eigenvalue weighted by Crippen LogP contribution is 2.60. The summed E-state index contributed by atoms with van der Waals surface area (Å²) in [4.78, 5) is 12.0. The Balaban J connectivity index is 2.11. The number of ether oxygens (including phenoxy) is 4. The summed E-state index contributed by atoms with van der Waals surface area (Å²) >= 11 is 0. The minimum atomic E-state index is -0.493. The Morgan fingerprint density at radius 1 is 1.16 bits per heavy atom. The molecule has 1 aliphatic heterocycles. The van der Waals surface area contributed by atoms with Crippen molar-refractivity contribution in [2.24, 2.45) is 5.92 Å². The molecule has 1 saturated heterocycles. The molecule has 1 aliphatic carbocycles. The molecule has 0 aromatic heterocycles. The molecule has 19 heavy (non-hydrogen) atoms. The minimum absolute atomic E-state index is 0.147. The Labute approximate surface area is 111 Å². The van der Waals surface area contributed by atoms with Gasteiger partial charge in [0.2, 0.25) is 5.75 Å². The third-order valence-corrected chi connectivity index (χ3v) is 4.06. The first-order chi connectivity index (χ1) is 9.17. The fourth-order valence-electron chi connectivity index (χ4n) is 2.90. The van der Waals surface area contributed by atoms with Crippen LogP contribution in [-0.4, -0.2) is 33.9 Å². The van der Waals surface area contributed by atoms with Crippen molar-refractivity contribution in [2.45, 2.75) is 11.8 Å². The molecule has 2 fully saturated rings. The van der Waals surface area contributed by atoms with E-state index in [4.69, 9.17) is 18.9 Å². The lowest BCUT2D eigenvalue weighted by Crippen LogP contribution is -2.19. The summed E-state index contributed by atoms with van der Waals surface area (Å²) in [6.45, 7) is 0.509. The normalized spacial score (nSPS) is 27.5. The van der Waals surface area contributed by atoms with Crippen molar-refractivity contribution in [2.75, 3.05) is 27.9 Å². The van der Waals surface area contributed by atoms with Gasteiger partial charge < -0.3 is 18.9 Å². The maximum Gasteiger partial charge on any atom is 0.317 e. The number of carbonyl (C=O) groups is 1.